The Morgan fingerprint density at radius 3 is 2.17 bits per heavy atom. The van der Waals surface area contributed by atoms with Crippen LogP contribution in [0.25, 0.3) is 0 Å². The van der Waals surface area contributed by atoms with Crippen molar-refractivity contribution in [2.75, 3.05) is 13.6 Å². The Morgan fingerprint density at radius 1 is 1.11 bits per heavy atom. The Bertz CT molecular complexity index is 218. The first-order chi connectivity index (χ1) is 8.54. The Hall–Kier alpha value is -0.300. The van der Waals surface area contributed by atoms with Gasteiger partial charge in [-0.1, -0.05) is 52.2 Å². The number of nitrogens with one attached hydrogen (secondary N) is 1. The van der Waals surface area contributed by atoms with Crippen molar-refractivity contribution < 1.29 is 0 Å². The van der Waals surface area contributed by atoms with Crippen LogP contribution in [-0.2, 0) is 0 Å². The Labute approximate surface area is 115 Å². The second kappa shape index (κ2) is 10.6. The molecule has 0 aromatic carbocycles. The highest BCUT2D eigenvalue weighted by molar-refractivity contribution is 5.00. The van der Waals surface area contributed by atoms with Crippen LogP contribution in [0, 0.1) is 17.8 Å². The molecule has 0 aromatic rings. The second-order valence-electron chi connectivity index (χ2n) is 6.12. The second-order valence-corrected chi connectivity index (χ2v) is 6.12. The molecule has 0 amide bonds. The van der Waals surface area contributed by atoms with Crippen LogP contribution in [-0.4, -0.2) is 13.6 Å². The quantitative estimate of drug-likeness (QED) is 0.538. The lowest BCUT2D eigenvalue weighted by Gasteiger charge is -2.25. The molecular formula is C17H35N. The SMILES string of the molecule is CCC(CNC)C(CC)C/C(C)=C\CCC(C)C. The fourth-order valence-corrected chi connectivity index (χ4v) is 2.71. The van der Waals surface area contributed by atoms with Crippen LogP contribution in [0.1, 0.15) is 66.7 Å². The van der Waals surface area contributed by atoms with Gasteiger partial charge in [0.25, 0.3) is 0 Å². The molecule has 18 heavy (non-hydrogen) atoms. The molecule has 0 saturated heterocycles. The fourth-order valence-electron chi connectivity index (χ4n) is 2.71. The van der Waals surface area contributed by atoms with E-state index in [0.717, 1.165) is 24.3 Å². The van der Waals surface area contributed by atoms with Crippen molar-refractivity contribution in [1.82, 2.24) is 5.32 Å². The maximum atomic E-state index is 3.35. The molecule has 0 fully saturated rings. The highest BCUT2D eigenvalue weighted by Gasteiger charge is 2.17. The van der Waals surface area contributed by atoms with Gasteiger partial charge in [-0.15, -0.1) is 0 Å². The third-order valence-corrected chi connectivity index (χ3v) is 4.00. The lowest BCUT2D eigenvalue weighted by Crippen LogP contribution is -2.25. The van der Waals surface area contributed by atoms with Gasteiger partial charge in [0.2, 0.25) is 0 Å². The van der Waals surface area contributed by atoms with Gasteiger partial charge in [0.15, 0.2) is 0 Å². The summed E-state index contributed by atoms with van der Waals surface area (Å²) in [4.78, 5) is 0. The third-order valence-electron chi connectivity index (χ3n) is 4.00. The van der Waals surface area contributed by atoms with Crippen molar-refractivity contribution in [3.05, 3.63) is 11.6 Å². The zero-order valence-corrected chi connectivity index (χ0v) is 13.6. The van der Waals surface area contributed by atoms with Gasteiger partial charge in [-0.2, -0.15) is 0 Å². The van der Waals surface area contributed by atoms with Gasteiger partial charge in [0.05, 0.1) is 0 Å². The predicted molar refractivity (Wildman–Crippen MR) is 83.9 cm³/mol. The van der Waals surface area contributed by atoms with E-state index in [9.17, 15) is 0 Å². The van der Waals surface area contributed by atoms with E-state index in [1.807, 2.05) is 0 Å². The minimum absolute atomic E-state index is 0.823. The molecule has 0 aliphatic carbocycles. The zero-order valence-electron chi connectivity index (χ0n) is 13.6. The summed E-state index contributed by atoms with van der Waals surface area (Å²) >= 11 is 0. The molecule has 2 unspecified atom stereocenters. The first kappa shape index (κ1) is 17.7. The highest BCUT2D eigenvalue weighted by atomic mass is 14.8. The molecule has 0 saturated carbocycles. The van der Waals surface area contributed by atoms with Crippen LogP contribution in [0.15, 0.2) is 11.6 Å². The number of hydrogen-bond acceptors (Lipinski definition) is 1. The maximum Gasteiger partial charge on any atom is -0.00209 e. The van der Waals surface area contributed by atoms with Gasteiger partial charge in [0, 0.05) is 0 Å². The van der Waals surface area contributed by atoms with Crippen molar-refractivity contribution >= 4 is 0 Å². The van der Waals surface area contributed by atoms with E-state index in [4.69, 9.17) is 0 Å². The number of hydrogen-bond donors (Lipinski definition) is 1. The first-order valence-corrected chi connectivity index (χ1v) is 7.85. The molecule has 0 radical (unpaired) electrons. The van der Waals surface area contributed by atoms with Crippen molar-refractivity contribution in [3.8, 4) is 0 Å². The van der Waals surface area contributed by atoms with Crippen molar-refractivity contribution in [3.63, 3.8) is 0 Å². The van der Waals surface area contributed by atoms with E-state index in [1.54, 1.807) is 5.57 Å². The Kier molecular flexibility index (Phi) is 10.4. The van der Waals surface area contributed by atoms with Crippen molar-refractivity contribution in [1.29, 1.82) is 0 Å². The van der Waals surface area contributed by atoms with Gasteiger partial charge in [-0.25, -0.2) is 0 Å². The van der Waals surface area contributed by atoms with Crippen LogP contribution < -0.4 is 5.32 Å². The lowest BCUT2D eigenvalue weighted by molar-refractivity contribution is 0.303. The number of allylic oxidation sites excluding steroid dienone is 2. The molecule has 0 bridgehead atoms. The number of rotatable bonds is 10. The zero-order chi connectivity index (χ0) is 14.0. The summed E-state index contributed by atoms with van der Waals surface area (Å²) in [5.41, 5.74) is 1.59. The summed E-state index contributed by atoms with van der Waals surface area (Å²) in [6, 6.07) is 0. The molecule has 0 rings (SSSR count). The van der Waals surface area contributed by atoms with Crippen LogP contribution in [0.5, 0.6) is 0 Å². The van der Waals surface area contributed by atoms with Gasteiger partial charge in [-0.3, -0.25) is 0 Å². The summed E-state index contributed by atoms with van der Waals surface area (Å²) in [5.74, 6) is 2.50. The minimum Gasteiger partial charge on any atom is -0.319 e. The highest BCUT2D eigenvalue weighted by Crippen LogP contribution is 2.26. The molecule has 108 valence electrons. The van der Waals surface area contributed by atoms with Gasteiger partial charge in [-0.05, 0) is 57.5 Å². The summed E-state index contributed by atoms with van der Waals surface area (Å²) in [6.45, 7) is 12.7. The molecule has 0 aromatic heterocycles. The maximum absolute atomic E-state index is 3.35. The van der Waals surface area contributed by atoms with Crippen LogP contribution in [0.3, 0.4) is 0 Å². The summed E-state index contributed by atoms with van der Waals surface area (Å²) in [6.07, 6.45) is 8.92. The lowest BCUT2D eigenvalue weighted by atomic mass is 9.83. The Morgan fingerprint density at radius 2 is 1.72 bits per heavy atom. The van der Waals surface area contributed by atoms with Gasteiger partial charge in [0.1, 0.15) is 0 Å². The van der Waals surface area contributed by atoms with E-state index in [2.05, 4.69) is 53.1 Å². The molecule has 1 nitrogen and oxygen atoms in total. The molecule has 1 N–H and O–H groups in total. The fraction of sp³-hybridized carbons (Fsp3) is 0.882. The van der Waals surface area contributed by atoms with Crippen molar-refractivity contribution in [2.45, 2.75) is 66.7 Å². The molecule has 1 heteroatoms. The Balaban J connectivity index is 4.24. The van der Waals surface area contributed by atoms with Crippen LogP contribution in [0.4, 0.5) is 0 Å². The average Bonchev–Trinajstić information content (AvgIpc) is 2.33. The first-order valence-electron chi connectivity index (χ1n) is 7.85. The van der Waals surface area contributed by atoms with E-state index < -0.39 is 0 Å². The molecular weight excluding hydrogens is 218 g/mol. The van der Waals surface area contributed by atoms with Crippen molar-refractivity contribution in [2.24, 2.45) is 17.8 Å². The largest absolute Gasteiger partial charge is 0.319 e. The third kappa shape index (κ3) is 7.92. The van der Waals surface area contributed by atoms with Gasteiger partial charge < -0.3 is 5.32 Å². The van der Waals surface area contributed by atoms with E-state index in [-0.39, 0.29) is 0 Å². The van der Waals surface area contributed by atoms with Crippen LogP contribution in [0.2, 0.25) is 0 Å². The topological polar surface area (TPSA) is 12.0 Å². The minimum atomic E-state index is 0.823. The summed E-state index contributed by atoms with van der Waals surface area (Å²) < 4.78 is 0. The normalized spacial score (nSPS) is 16.1. The van der Waals surface area contributed by atoms with E-state index in [1.165, 1.54) is 32.1 Å². The predicted octanol–water partition coefficient (Wildman–Crippen LogP) is 5.03. The summed E-state index contributed by atoms with van der Waals surface area (Å²) in [7, 11) is 2.07. The summed E-state index contributed by atoms with van der Waals surface area (Å²) in [5, 5.41) is 3.35. The molecule has 0 spiro atoms. The monoisotopic (exact) mass is 253 g/mol. The molecule has 2 atom stereocenters. The van der Waals surface area contributed by atoms with E-state index in [0.29, 0.717) is 0 Å². The average molecular weight is 253 g/mol. The molecule has 0 aliphatic rings. The molecule has 0 heterocycles. The molecule has 0 aliphatic heterocycles. The standard InChI is InChI=1S/C17H35N/c1-7-16(17(8-2)13-18-6)12-15(5)11-9-10-14(3)4/h11,14,16-18H,7-10,12-13H2,1-6H3/b15-11-. The van der Waals surface area contributed by atoms with Gasteiger partial charge >= 0.3 is 0 Å². The van der Waals surface area contributed by atoms with E-state index >= 15 is 0 Å². The smallest absolute Gasteiger partial charge is 0.00209 e. The van der Waals surface area contributed by atoms with Crippen LogP contribution >= 0.6 is 0 Å².